The number of halogens is 3. The van der Waals surface area contributed by atoms with E-state index in [1.807, 2.05) is 0 Å². The summed E-state index contributed by atoms with van der Waals surface area (Å²) in [6.45, 7) is 7.16. The van der Waals surface area contributed by atoms with Gasteiger partial charge in [0.05, 0.1) is 6.10 Å². The molecule has 0 aromatic heterocycles. The fraction of sp³-hybridized carbons (Fsp3) is 0.750. The third kappa shape index (κ3) is 2.52. The van der Waals surface area contributed by atoms with Crippen LogP contribution in [0.4, 0.5) is 13.2 Å². The van der Waals surface area contributed by atoms with Crippen molar-refractivity contribution in [1.82, 2.24) is 0 Å². The number of ether oxygens (including phenoxy) is 1. The number of rotatable bonds is 3. The molecule has 1 unspecified atom stereocenters. The summed E-state index contributed by atoms with van der Waals surface area (Å²) in [5, 5.41) is 0. The van der Waals surface area contributed by atoms with Gasteiger partial charge in [-0.25, -0.2) is 0 Å². The van der Waals surface area contributed by atoms with Gasteiger partial charge in [0.2, 0.25) is 0 Å². The minimum atomic E-state index is -4.40. The molecule has 0 amide bonds. The molecule has 0 aliphatic rings. The Kier molecular flexibility index (Phi) is 3.33. The Balaban J connectivity index is 4.57. The highest BCUT2D eigenvalue weighted by Crippen LogP contribution is 2.34. The Morgan fingerprint density at radius 1 is 1.33 bits per heavy atom. The Bertz CT molecular complexity index is 162. The highest BCUT2D eigenvalue weighted by atomic mass is 19.4. The number of alkyl halides is 3. The fourth-order valence-corrected chi connectivity index (χ4v) is 0.720. The molecule has 0 rings (SSSR count). The van der Waals surface area contributed by atoms with E-state index in [1.54, 1.807) is 13.8 Å². The zero-order chi connectivity index (χ0) is 9.99. The summed E-state index contributed by atoms with van der Waals surface area (Å²) in [6, 6.07) is 0. The molecule has 72 valence electrons. The van der Waals surface area contributed by atoms with Crippen LogP contribution in [0.25, 0.3) is 0 Å². The molecule has 1 atom stereocenters. The van der Waals surface area contributed by atoms with Crippen LogP contribution in [0.1, 0.15) is 20.8 Å². The van der Waals surface area contributed by atoms with Crippen molar-refractivity contribution in [3.8, 4) is 0 Å². The maximum absolute atomic E-state index is 12.3. The molecule has 0 N–H and O–H groups in total. The van der Waals surface area contributed by atoms with Crippen LogP contribution in [0.3, 0.4) is 0 Å². The van der Waals surface area contributed by atoms with Gasteiger partial charge in [-0.15, -0.1) is 0 Å². The molecule has 0 aromatic rings. The van der Waals surface area contributed by atoms with Gasteiger partial charge in [0, 0.05) is 0 Å². The molecule has 0 bridgehead atoms. The minimum absolute atomic E-state index is 0.477. The highest BCUT2D eigenvalue weighted by Gasteiger charge is 2.50. The van der Waals surface area contributed by atoms with Gasteiger partial charge in [0.15, 0.2) is 5.60 Å². The molecule has 12 heavy (non-hydrogen) atoms. The van der Waals surface area contributed by atoms with Crippen molar-refractivity contribution < 1.29 is 17.9 Å². The first kappa shape index (κ1) is 11.5. The van der Waals surface area contributed by atoms with Crippen molar-refractivity contribution in [2.45, 2.75) is 38.7 Å². The summed E-state index contributed by atoms with van der Waals surface area (Å²) in [5.74, 6) is 0. The zero-order valence-corrected chi connectivity index (χ0v) is 7.40. The van der Waals surface area contributed by atoms with Crippen LogP contribution in [0.2, 0.25) is 0 Å². The van der Waals surface area contributed by atoms with Crippen molar-refractivity contribution in [3.05, 3.63) is 12.7 Å². The van der Waals surface area contributed by atoms with Gasteiger partial charge in [-0.2, -0.15) is 13.2 Å². The van der Waals surface area contributed by atoms with E-state index < -0.39 is 17.9 Å². The number of hydrogen-bond donors (Lipinski definition) is 0. The summed E-state index contributed by atoms with van der Waals surface area (Å²) in [7, 11) is 0. The Labute approximate surface area is 70.2 Å². The molecule has 0 saturated heterocycles. The summed E-state index contributed by atoms with van der Waals surface area (Å²) < 4.78 is 41.5. The maximum Gasteiger partial charge on any atom is 0.420 e. The second-order valence-electron chi connectivity index (χ2n) is 2.98. The summed E-state index contributed by atoms with van der Waals surface area (Å²) in [4.78, 5) is 0. The molecule has 4 heteroatoms. The van der Waals surface area contributed by atoms with Crippen LogP contribution in [0, 0.1) is 0 Å². The molecule has 0 aromatic carbocycles. The molecular weight excluding hydrogens is 169 g/mol. The highest BCUT2D eigenvalue weighted by molar-refractivity contribution is 5.00. The molecule has 0 heterocycles. The normalized spacial score (nSPS) is 17.6. The van der Waals surface area contributed by atoms with Crippen molar-refractivity contribution in [3.63, 3.8) is 0 Å². The van der Waals surface area contributed by atoms with Gasteiger partial charge in [-0.1, -0.05) is 12.7 Å². The first-order chi connectivity index (χ1) is 5.23. The van der Waals surface area contributed by atoms with Gasteiger partial charge in [0.25, 0.3) is 0 Å². The van der Waals surface area contributed by atoms with Crippen molar-refractivity contribution in [2.24, 2.45) is 0 Å². The van der Waals surface area contributed by atoms with Crippen molar-refractivity contribution in [2.75, 3.05) is 0 Å². The lowest BCUT2D eigenvalue weighted by Crippen LogP contribution is -2.44. The lowest BCUT2D eigenvalue weighted by atomic mass is 10.1. The van der Waals surface area contributed by atoms with E-state index in [2.05, 4.69) is 6.58 Å². The molecule has 1 nitrogen and oxygen atoms in total. The minimum Gasteiger partial charge on any atom is -0.359 e. The van der Waals surface area contributed by atoms with Crippen LogP contribution in [-0.2, 0) is 4.74 Å². The van der Waals surface area contributed by atoms with Gasteiger partial charge in [-0.3, -0.25) is 0 Å². The average Bonchev–Trinajstić information content (AvgIpc) is 1.83. The summed E-state index contributed by atoms with van der Waals surface area (Å²) in [6.07, 6.45) is -4.11. The van der Waals surface area contributed by atoms with E-state index in [1.165, 1.54) is 0 Å². The van der Waals surface area contributed by atoms with E-state index in [0.29, 0.717) is 0 Å². The van der Waals surface area contributed by atoms with Crippen molar-refractivity contribution >= 4 is 0 Å². The van der Waals surface area contributed by atoms with Gasteiger partial charge in [-0.05, 0) is 20.8 Å². The van der Waals surface area contributed by atoms with E-state index in [0.717, 1.165) is 13.0 Å². The number of hydrogen-bond acceptors (Lipinski definition) is 1. The smallest absolute Gasteiger partial charge is 0.359 e. The molecule has 0 aliphatic heterocycles. The Morgan fingerprint density at radius 2 is 1.75 bits per heavy atom. The lowest BCUT2D eigenvalue weighted by molar-refractivity contribution is -0.260. The van der Waals surface area contributed by atoms with Gasteiger partial charge < -0.3 is 4.74 Å². The van der Waals surface area contributed by atoms with E-state index in [-0.39, 0.29) is 0 Å². The second-order valence-corrected chi connectivity index (χ2v) is 2.98. The second kappa shape index (κ2) is 3.47. The largest absolute Gasteiger partial charge is 0.420 e. The predicted octanol–water partition coefficient (Wildman–Crippen LogP) is 2.92. The quantitative estimate of drug-likeness (QED) is 0.610. The van der Waals surface area contributed by atoms with Crippen molar-refractivity contribution in [1.29, 1.82) is 0 Å². The topological polar surface area (TPSA) is 9.23 Å². The molecule has 0 saturated carbocycles. The Hall–Kier alpha value is -0.510. The molecule has 0 radical (unpaired) electrons. The first-order valence-corrected chi connectivity index (χ1v) is 3.61. The standard InChI is InChI=1S/C8H13F3O/c1-5-7(4,8(9,10)11)12-6(2)3/h5-6H,1H2,2-4H3. The predicted molar refractivity (Wildman–Crippen MR) is 40.9 cm³/mol. The SMILES string of the molecule is C=CC(C)(OC(C)C)C(F)(F)F. The monoisotopic (exact) mass is 182 g/mol. The van der Waals surface area contributed by atoms with E-state index in [4.69, 9.17) is 4.74 Å². The van der Waals surface area contributed by atoms with E-state index >= 15 is 0 Å². The van der Waals surface area contributed by atoms with Crippen LogP contribution in [-0.4, -0.2) is 17.9 Å². The first-order valence-electron chi connectivity index (χ1n) is 3.61. The Morgan fingerprint density at radius 3 is 1.83 bits per heavy atom. The third-order valence-electron chi connectivity index (χ3n) is 1.43. The molecular formula is C8H13F3O. The third-order valence-corrected chi connectivity index (χ3v) is 1.43. The lowest BCUT2D eigenvalue weighted by Gasteiger charge is -2.30. The summed E-state index contributed by atoms with van der Waals surface area (Å²) >= 11 is 0. The zero-order valence-electron chi connectivity index (χ0n) is 7.40. The average molecular weight is 182 g/mol. The van der Waals surface area contributed by atoms with Crippen LogP contribution in [0.15, 0.2) is 12.7 Å². The molecule has 0 fully saturated rings. The van der Waals surface area contributed by atoms with Crippen LogP contribution >= 0.6 is 0 Å². The van der Waals surface area contributed by atoms with Gasteiger partial charge in [0.1, 0.15) is 0 Å². The van der Waals surface area contributed by atoms with E-state index in [9.17, 15) is 13.2 Å². The molecule has 0 spiro atoms. The van der Waals surface area contributed by atoms with Gasteiger partial charge >= 0.3 is 6.18 Å². The van der Waals surface area contributed by atoms with Crippen LogP contribution < -0.4 is 0 Å². The fourth-order valence-electron chi connectivity index (χ4n) is 0.720. The van der Waals surface area contributed by atoms with Crippen LogP contribution in [0.5, 0.6) is 0 Å². The maximum atomic E-state index is 12.3. The summed E-state index contributed by atoms with van der Waals surface area (Å²) in [5.41, 5.74) is -2.23. The molecule has 0 aliphatic carbocycles.